The Bertz CT molecular complexity index is 1210. The van der Waals surface area contributed by atoms with Crippen molar-refractivity contribution >= 4 is 11.8 Å². The van der Waals surface area contributed by atoms with E-state index in [1.807, 2.05) is 54.6 Å². The van der Waals surface area contributed by atoms with Crippen molar-refractivity contribution in [1.82, 2.24) is 9.80 Å². The van der Waals surface area contributed by atoms with Crippen LogP contribution in [-0.4, -0.2) is 72.0 Å². The summed E-state index contributed by atoms with van der Waals surface area (Å²) in [6.45, 7) is 4.67. The number of aromatic hydroxyl groups is 1. The van der Waals surface area contributed by atoms with Gasteiger partial charge in [0.1, 0.15) is 11.9 Å². The van der Waals surface area contributed by atoms with Crippen molar-refractivity contribution in [2.24, 2.45) is 0 Å². The number of para-hydroxylation sites is 1. The molecule has 0 radical (unpaired) electrons. The topological polar surface area (TPSA) is 85.3 Å². The zero-order valence-electron chi connectivity index (χ0n) is 25.7. The SMILES string of the molecule is CN(CCCCCCCCCN1CCC(OC(=O)Nc2ccccc2-c2ccccc2)CC1)CC(O)c1ccc(O)cc1. The number of hydrogen-bond donors (Lipinski definition) is 3. The predicted molar refractivity (Wildman–Crippen MR) is 174 cm³/mol. The minimum atomic E-state index is -0.531. The largest absolute Gasteiger partial charge is 0.508 e. The van der Waals surface area contributed by atoms with Gasteiger partial charge >= 0.3 is 6.09 Å². The van der Waals surface area contributed by atoms with Crippen LogP contribution in [0, 0.1) is 0 Å². The van der Waals surface area contributed by atoms with Gasteiger partial charge in [-0.1, -0.05) is 92.8 Å². The maximum absolute atomic E-state index is 12.7. The van der Waals surface area contributed by atoms with Gasteiger partial charge in [-0.05, 0) is 75.1 Å². The summed E-state index contributed by atoms with van der Waals surface area (Å²) in [7, 11) is 2.06. The number of amides is 1. The Labute approximate surface area is 257 Å². The summed E-state index contributed by atoms with van der Waals surface area (Å²) < 4.78 is 5.78. The molecule has 0 aromatic heterocycles. The van der Waals surface area contributed by atoms with Gasteiger partial charge in [0.2, 0.25) is 0 Å². The number of likely N-dealkylation sites (N-methyl/N-ethyl adjacent to an activating group) is 1. The molecule has 0 aliphatic carbocycles. The Kier molecular flexibility index (Phi) is 13.4. The summed E-state index contributed by atoms with van der Waals surface area (Å²) in [6.07, 6.45) is 9.49. The lowest BCUT2D eigenvalue weighted by atomic mass is 10.0. The maximum atomic E-state index is 12.7. The van der Waals surface area contributed by atoms with Gasteiger partial charge in [-0.25, -0.2) is 4.79 Å². The first kappa shape index (κ1) is 32.5. The summed E-state index contributed by atoms with van der Waals surface area (Å²) in [4.78, 5) is 17.3. The van der Waals surface area contributed by atoms with Crippen molar-refractivity contribution in [2.45, 2.75) is 70.0 Å². The van der Waals surface area contributed by atoms with E-state index in [1.165, 1.54) is 38.5 Å². The number of unbranched alkanes of at least 4 members (excludes halogenated alkanes) is 6. The molecule has 1 heterocycles. The smallest absolute Gasteiger partial charge is 0.411 e. The number of benzene rings is 3. The molecule has 1 aliphatic heterocycles. The van der Waals surface area contributed by atoms with Crippen LogP contribution in [0.15, 0.2) is 78.9 Å². The lowest BCUT2D eigenvalue weighted by molar-refractivity contribution is 0.0584. The third-order valence-corrected chi connectivity index (χ3v) is 8.33. The molecular weight excluding hydrogens is 538 g/mol. The van der Waals surface area contributed by atoms with Crippen LogP contribution in [0.3, 0.4) is 0 Å². The molecule has 1 saturated heterocycles. The molecule has 1 atom stereocenters. The van der Waals surface area contributed by atoms with Gasteiger partial charge in [-0.2, -0.15) is 0 Å². The molecule has 232 valence electrons. The molecule has 7 nitrogen and oxygen atoms in total. The fourth-order valence-corrected chi connectivity index (χ4v) is 5.79. The van der Waals surface area contributed by atoms with Crippen molar-refractivity contribution in [2.75, 3.05) is 45.1 Å². The molecule has 0 spiro atoms. The van der Waals surface area contributed by atoms with Crippen molar-refractivity contribution in [3.8, 4) is 16.9 Å². The highest BCUT2D eigenvalue weighted by Gasteiger charge is 2.22. The van der Waals surface area contributed by atoms with Gasteiger partial charge in [0.05, 0.1) is 11.8 Å². The molecule has 3 N–H and O–H groups in total. The third kappa shape index (κ3) is 11.3. The Morgan fingerprint density at radius 1 is 0.884 bits per heavy atom. The fourth-order valence-electron chi connectivity index (χ4n) is 5.79. The molecule has 0 saturated carbocycles. The number of ether oxygens (including phenoxy) is 1. The zero-order chi connectivity index (χ0) is 30.3. The number of hydrogen-bond acceptors (Lipinski definition) is 6. The zero-order valence-corrected chi connectivity index (χ0v) is 25.7. The fraction of sp³-hybridized carbons (Fsp3) is 0.472. The van der Waals surface area contributed by atoms with Crippen molar-refractivity contribution in [3.05, 3.63) is 84.4 Å². The van der Waals surface area contributed by atoms with Crippen molar-refractivity contribution in [1.29, 1.82) is 0 Å². The second-order valence-electron chi connectivity index (χ2n) is 11.8. The molecule has 1 aliphatic rings. The normalized spacial score (nSPS) is 15.0. The Balaban J connectivity index is 0.999. The summed E-state index contributed by atoms with van der Waals surface area (Å²) in [5.41, 5.74) is 3.66. The second-order valence-corrected chi connectivity index (χ2v) is 11.8. The van der Waals surface area contributed by atoms with E-state index in [4.69, 9.17) is 4.74 Å². The van der Waals surface area contributed by atoms with Crippen LogP contribution in [0.4, 0.5) is 10.5 Å². The number of carbonyl (C=O) groups excluding carboxylic acids is 1. The van der Waals surface area contributed by atoms with Crippen LogP contribution in [0.5, 0.6) is 5.75 Å². The number of phenolic OH excluding ortho intramolecular Hbond substituents is 1. The van der Waals surface area contributed by atoms with Crippen molar-refractivity contribution in [3.63, 3.8) is 0 Å². The molecule has 1 unspecified atom stereocenters. The first-order valence-corrected chi connectivity index (χ1v) is 16.0. The van der Waals surface area contributed by atoms with E-state index in [1.54, 1.807) is 24.3 Å². The maximum Gasteiger partial charge on any atom is 0.411 e. The summed E-state index contributed by atoms with van der Waals surface area (Å²) in [5.74, 6) is 0.222. The number of carbonyl (C=O) groups is 1. The molecule has 3 aromatic rings. The highest BCUT2D eigenvalue weighted by molar-refractivity contribution is 5.91. The standard InChI is InChI=1S/C36H49N3O4/c1-38(28-35(41)30-18-20-31(40)21-19-30)24-12-5-3-2-4-6-13-25-39-26-22-32(23-27-39)43-36(42)37-34-17-11-10-16-33(34)29-14-8-7-9-15-29/h7-11,14-21,32,35,40-41H,2-6,12-13,22-28H2,1H3,(H,37,42). The number of nitrogens with zero attached hydrogens (tertiary/aromatic N) is 2. The third-order valence-electron chi connectivity index (χ3n) is 8.33. The van der Waals surface area contributed by atoms with E-state index in [0.29, 0.717) is 6.54 Å². The quantitative estimate of drug-likeness (QED) is 0.151. The van der Waals surface area contributed by atoms with Gasteiger partial charge < -0.3 is 24.7 Å². The van der Waals surface area contributed by atoms with Gasteiger partial charge in [0, 0.05) is 25.2 Å². The predicted octanol–water partition coefficient (Wildman–Crippen LogP) is 7.47. The number of piperidine rings is 1. The van der Waals surface area contributed by atoms with Crippen LogP contribution < -0.4 is 5.32 Å². The molecule has 1 fully saturated rings. The number of nitrogens with one attached hydrogen (secondary N) is 1. The number of aliphatic hydroxyl groups is 1. The molecule has 43 heavy (non-hydrogen) atoms. The van der Waals surface area contributed by atoms with Crippen LogP contribution in [0.25, 0.3) is 11.1 Å². The van der Waals surface area contributed by atoms with Crippen molar-refractivity contribution < 1.29 is 19.7 Å². The van der Waals surface area contributed by atoms with Crippen LogP contribution >= 0.6 is 0 Å². The number of aliphatic hydroxyl groups excluding tert-OH is 1. The second kappa shape index (κ2) is 17.7. The Morgan fingerprint density at radius 2 is 1.51 bits per heavy atom. The lowest BCUT2D eigenvalue weighted by Gasteiger charge is -2.31. The summed E-state index contributed by atoms with van der Waals surface area (Å²) in [5, 5.41) is 22.8. The first-order valence-electron chi connectivity index (χ1n) is 16.0. The minimum Gasteiger partial charge on any atom is -0.508 e. The molecule has 1 amide bonds. The van der Waals surface area contributed by atoms with Gasteiger partial charge in [-0.3, -0.25) is 5.32 Å². The van der Waals surface area contributed by atoms with E-state index in [0.717, 1.165) is 67.8 Å². The first-order chi connectivity index (χ1) is 21.0. The Morgan fingerprint density at radius 3 is 2.23 bits per heavy atom. The van der Waals surface area contributed by atoms with E-state index >= 15 is 0 Å². The number of anilines is 1. The summed E-state index contributed by atoms with van der Waals surface area (Å²) >= 11 is 0. The average molecular weight is 588 g/mol. The van der Waals surface area contributed by atoms with Gasteiger partial charge in [0.25, 0.3) is 0 Å². The minimum absolute atomic E-state index is 0.0322. The molecular formula is C36H49N3O4. The molecule has 3 aromatic carbocycles. The van der Waals surface area contributed by atoms with E-state index < -0.39 is 6.10 Å². The van der Waals surface area contributed by atoms with Crippen LogP contribution in [0.2, 0.25) is 0 Å². The van der Waals surface area contributed by atoms with Gasteiger partial charge in [-0.15, -0.1) is 0 Å². The number of likely N-dealkylation sites (tertiary alicyclic amines) is 1. The highest BCUT2D eigenvalue weighted by atomic mass is 16.6. The summed E-state index contributed by atoms with van der Waals surface area (Å²) in [6, 6.07) is 24.7. The van der Waals surface area contributed by atoms with E-state index in [2.05, 4.69) is 22.2 Å². The number of phenols is 1. The lowest BCUT2D eigenvalue weighted by Crippen LogP contribution is -2.38. The average Bonchev–Trinajstić information content (AvgIpc) is 3.02. The van der Waals surface area contributed by atoms with E-state index in [-0.39, 0.29) is 17.9 Å². The molecule has 0 bridgehead atoms. The monoisotopic (exact) mass is 587 g/mol. The molecule has 4 rings (SSSR count). The highest BCUT2D eigenvalue weighted by Crippen LogP contribution is 2.28. The van der Waals surface area contributed by atoms with Crippen LogP contribution in [0.1, 0.15) is 69.5 Å². The van der Waals surface area contributed by atoms with Gasteiger partial charge in [0.15, 0.2) is 0 Å². The van der Waals surface area contributed by atoms with E-state index in [9.17, 15) is 15.0 Å². The number of rotatable bonds is 16. The van der Waals surface area contributed by atoms with Crippen LogP contribution in [-0.2, 0) is 4.74 Å². The Hall–Kier alpha value is -3.39. The molecule has 7 heteroatoms.